The van der Waals surface area contributed by atoms with Crippen LogP contribution in [0.4, 0.5) is 0 Å². The highest BCUT2D eigenvalue weighted by atomic mass is 16.2. The van der Waals surface area contributed by atoms with Gasteiger partial charge in [-0.3, -0.25) is 14.4 Å². The van der Waals surface area contributed by atoms with E-state index in [2.05, 4.69) is 0 Å². The molecule has 1 aromatic carbocycles. The van der Waals surface area contributed by atoms with Crippen molar-refractivity contribution in [3.63, 3.8) is 0 Å². The van der Waals surface area contributed by atoms with Crippen molar-refractivity contribution in [2.45, 2.75) is 38.8 Å². The fraction of sp³-hybridized carbons (Fsp3) is 0.400. The Bertz CT molecular complexity index is 532. The summed E-state index contributed by atoms with van der Waals surface area (Å²) in [6, 6.07) is 8.69. The number of ketones is 2. The summed E-state index contributed by atoms with van der Waals surface area (Å²) in [4.78, 5) is 38.1. The van der Waals surface area contributed by atoms with E-state index in [4.69, 9.17) is 0 Å². The lowest BCUT2D eigenvalue weighted by Crippen LogP contribution is -2.53. The van der Waals surface area contributed by atoms with Crippen molar-refractivity contribution in [3.8, 4) is 0 Å². The molecule has 1 saturated heterocycles. The molecule has 1 aromatic rings. The molecule has 1 aliphatic heterocycles. The molecule has 0 aromatic heterocycles. The Hall–Kier alpha value is -1.97. The smallest absolute Gasteiger partial charge is 0.255 e. The Morgan fingerprint density at radius 1 is 0.895 bits per heavy atom. The van der Waals surface area contributed by atoms with E-state index in [1.807, 2.05) is 6.07 Å². The van der Waals surface area contributed by atoms with Crippen LogP contribution in [0.1, 0.15) is 38.1 Å². The number of carbonyl (C=O) groups is 3. The lowest BCUT2D eigenvalue weighted by molar-refractivity contribution is -0.137. The zero-order valence-corrected chi connectivity index (χ0v) is 11.6. The second kappa shape index (κ2) is 4.02. The molecule has 0 radical (unpaired) electrons. The molecule has 0 bridgehead atoms. The van der Waals surface area contributed by atoms with Gasteiger partial charge >= 0.3 is 0 Å². The number of carbonyl (C=O) groups excluding carboxylic acids is 3. The first-order valence-corrected chi connectivity index (χ1v) is 6.19. The molecular weight excluding hydrogens is 242 g/mol. The van der Waals surface area contributed by atoms with Crippen LogP contribution in [-0.4, -0.2) is 33.5 Å². The highest BCUT2D eigenvalue weighted by Gasteiger charge is 2.59. The van der Waals surface area contributed by atoms with Gasteiger partial charge in [0, 0.05) is 5.56 Å². The first-order chi connectivity index (χ1) is 8.70. The van der Waals surface area contributed by atoms with Crippen LogP contribution in [0, 0.1) is 0 Å². The van der Waals surface area contributed by atoms with Crippen molar-refractivity contribution in [2.24, 2.45) is 0 Å². The molecule has 1 fully saturated rings. The average Bonchev–Trinajstić information content (AvgIpc) is 2.48. The third kappa shape index (κ3) is 1.79. The molecule has 1 heterocycles. The highest BCUT2D eigenvalue weighted by Crippen LogP contribution is 2.36. The van der Waals surface area contributed by atoms with Gasteiger partial charge in [-0.25, -0.2) is 0 Å². The molecular formula is C15H17NO3. The van der Waals surface area contributed by atoms with E-state index in [1.165, 1.54) is 4.90 Å². The van der Waals surface area contributed by atoms with Gasteiger partial charge in [0.25, 0.3) is 5.91 Å². The molecule has 4 nitrogen and oxygen atoms in total. The molecule has 0 spiro atoms. The van der Waals surface area contributed by atoms with Gasteiger partial charge in [0.05, 0.1) is 0 Å². The lowest BCUT2D eigenvalue weighted by Gasteiger charge is -2.37. The number of nitrogens with zero attached hydrogens (tertiary/aromatic N) is 1. The van der Waals surface area contributed by atoms with E-state index in [9.17, 15) is 14.4 Å². The fourth-order valence-electron chi connectivity index (χ4n) is 2.68. The minimum absolute atomic E-state index is 0.296. The van der Waals surface area contributed by atoms with Crippen LogP contribution in [0.15, 0.2) is 30.3 Å². The average molecular weight is 259 g/mol. The molecule has 0 unspecified atom stereocenters. The standard InChI is InChI=1S/C15H17NO3/c1-14(2)11(17)12(18)15(3,4)16(14)13(19)10-8-6-5-7-9-10/h5-9H,1-4H3. The Balaban J connectivity index is 2.52. The van der Waals surface area contributed by atoms with E-state index in [1.54, 1.807) is 52.0 Å². The van der Waals surface area contributed by atoms with Crippen molar-refractivity contribution in [2.75, 3.05) is 0 Å². The third-order valence-electron chi connectivity index (χ3n) is 3.66. The van der Waals surface area contributed by atoms with Gasteiger partial charge in [0.1, 0.15) is 11.1 Å². The van der Waals surface area contributed by atoms with Gasteiger partial charge in [-0.2, -0.15) is 0 Å². The van der Waals surface area contributed by atoms with Gasteiger partial charge in [-0.1, -0.05) is 18.2 Å². The summed E-state index contributed by atoms with van der Waals surface area (Å²) in [6.07, 6.45) is 0. The van der Waals surface area contributed by atoms with E-state index in [0.29, 0.717) is 5.56 Å². The monoisotopic (exact) mass is 259 g/mol. The van der Waals surface area contributed by atoms with E-state index >= 15 is 0 Å². The number of Topliss-reactive ketones (excluding diaryl/α,β-unsaturated/α-hetero) is 2. The second-order valence-corrected chi connectivity index (χ2v) is 5.78. The Morgan fingerprint density at radius 3 is 1.74 bits per heavy atom. The molecule has 1 amide bonds. The van der Waals surface area contributed by atoms with Crippen LogP contribution in [0.3, 0.4) is 0 Å². The van der Waals surface area contributed by atoms with Crippen molar-refractivity contribution >= 4 is 17.5 Å². The van der Waals surface area contributed by atoms with Crippen molar-refractivity contribution < 1.29 is 14.4 Å². The number of hydrogen-bond donors (Lipinski definition) is 0. The summed E-state index contributed by atoms with van der Waals surface area (Å²) in [5.74, 6) is -1.32. The Labute approximate surface area is 112 Å². The first-order valence-electron chi connectivity index (χ1n) is 6.19. The highest BCUT2D eigenvalue weighted by molar-refractivity contribution is 6.46. The van der Waals surface area contributed by atoms with Crippen molar-refractivity contribution in [3.05, 3.63) is 35.9 Å². The molecule has 0 atom stereocenters. The molecule has 0 saturated carbocycles. The molecule has 2 rings (SSSR count). The summed E-state index contributed by atoms with van der Waals surface area (Å²) in [6.45, 7) is 6.46. The van der Waals surface area contributed by atoms with E-state index in [-0.39, 0.29) is 5.91 Å². The minimum Gasteiger partial charge on any atom is -0.313 e. The Kier molecular flexibility index (Phi) is 2.84. The maximum Gasteiger partial charge on any atom is 0.255 e. The van der Waals surface area contributed by atoms with Crippen LogP contribution in [-0.2, 0) is 9.59 Å². The summed E-state index contributed by atoms with van der Waals surface area (Å²) < 4.78 is 0. The number of hydrogen-bond acceptors (Lipinski definition) is 3. The third-order valence-corrected chi connectivity index (χ3v) is 3.66. The SMILES string of the molecule is CC1(C)C(=O)C(=O)C(C)(C)N1C(=O)c1ccccc1. The maximum absolute atomic E-state index is 12.6. The number of rotatable bonds is 1. The predicted octanol–water partition coefficient (Wildman–Crippen LogP) is 1.84. The van der Waals surface area contributed by atoms with Gasteiger partial charge in [0.2, 0.25) is 11.6 Å². The Morgan fingerprint density at radius 2 is 1.32 bits per heavy atom. The largest absolute Gasteiger partial charge is 0.313 e. The van der Waals surface area contributed by atoms with Crippen molar-refractivity contribution in [1.29, 1.82) is 0 Å². The molecule has 4 heteroatoms. The van der Waals surface area contributed by atoms with Crippen LogP contribution >= 0.6 is 0 Å². The van der Waals surface area contributed by atoms with E-state index in [0.717, 1.165) is 0 Å². The van der Waals surface area contributed by atoms with Crippen LogP contribution < -0.4 is 0 Å². The second-order valence-electron chi connectivity index (χ2n) is 5.78. The molecule has 0 aliphatic carbocycles. The lowest BCUT2D eigenvalue weighted by atomic mass is 9.98. The number of amides is 1. The minimum atomic E-state index is -1.10. The molecule has 19 heavy (non-hydrogen) atoms. The molecule has 1 aliphatic rings. The van der Waals surface area contributed by atoms with Gasteiger partial charge in [0.15, 0.2) is 0 Å². The number of likely N-dealkylation sites (tertiary alicyclic amines) is 1. The quantitative estimate of drug-likeness (QED) is 0.723. The normalized spacial score (nSPS) is 20.7. The zero-order valence-electron chi connectivity index (χ0n) is 11.6. The topological polar surface area (TPSA) is 54.5 Å². The van der Waals surface area contributed by atoms with Crippen LogP contribution in [0.2, 0.25) is 0 Å². The fourth-order valence-corrected chi connectivity index (χ4v) is 2.68. The molecule has 0 N–H and O–H groups in total. The van der Waals surface area contributed by atoms with Gasteiger partial charge < -0.3 is 4.90 Å². The number of benzene rings is 1. The molecule has 100 valence electrons. The zero-order chi connectivity index (χ0) is 14.4. The van der Waals surface area contributed by atoms with Crippen LogP contribution in [0.5, 0.6) is 0 Å². The van der Waals surface area contributed by atoms with Gasteiger partial charge in [-0.15, -0.1) is 0 Å². The van der Waals surface area contributed by atoms with Crippen molar-refractivity contribution in [1.82, 2.24) is 4.90 Å². The summed E-state index contributed by atoms with van der Waals surface area (Å²) in [7, 11) is 0. The van der Waals surface area contributed by atoms with Gasteiger partial charge in [-0.05, 0) is 39.8 Å². The summed E-state index contributed by atoms with van der Waals surface area (Å²) in [5.41, 5.74) is -1.73. The predicted molar refractivity (Wildman–Crippen MR) is 70.8 cm³/mol. The maximum atomic E-state index is 12.6. The van der Waals surface area contributed by atoms with Crippen LogP contribution in [0.25, 0.3) is 0 Å². The van der Waals surface area contributed by atoms with E-state index < -0.39 is 22.6 Å². The summed E-state index contributed by atoms with van der Waals surface area (Å²) >= 11 is 0. The first kappa shape index (κ1) is 13.5. The summed E-state index contributed by atoms with van der Waals surface area (Å²) in [5, 5.41) is 0.